The lowest BCUT2D eigenvalue weighted by Gasteiger charge is -2.21. The van der Waals surface area contributed by atoms with Crippen molar-refractivity contribution in [1.29, 1.82) is 0 Å². The molecular formula is C18H21NO3S. The Hall–Kier alpha value is -1.85. The van der Waals surface area contributed by atoms with E-state index >= 15 is 0 Å². The molecule has 3 rings (SSSR count). The fourth-order valence-electron chi connectivity index (χ4n) is 2.59. The average molecular weight is 331 g/mol. The molecule has 0 saturated heterocycles. The maximum atomic E-state index is 10.5. The Labute approximate surface area is 140 Å². The molecule has 0 atom stereocenters. The van der Waals surface area contributed by atoms with Gasteiger partial charge in [-0.1, -0.05) is 12.1 Å². The largest absolute Gasteiger partial charge is 0.482 e. The fourth-order valence-corrected chi connectivity index (χ4v) is 3.51. The van der Waals surface area contributed by atoms with Crippen molar-refractivity contribution in [1.82, 2.24) is 4.90 Å². The lowest BCUT2D eigenvalue weighted by molar-refractivity contribution is -0.139. The molecular weight excluding hydrogens is 310 g/mol. The molecule has 2 aromatic rings. The van der Waals surface area contributed by atoms with Gasteiger partial charge in [0.15, 0.2) is 6.61 Å². The molecule has 1 saturated carbocycles. The number of carbonyl (C=O) groups is 1. The van der Waals surface area contributed by atoms with E-state index in [9.17, 15) is 4.79 Å². The Morgan fingerprint density at radius 3 is 2.52 bits per heavy atom. The quantitative estimate of drug-likeness (QED) is 0.801. The second kappa shape index (κ2) is 7.15. The molecule has 23 heavy (non-hydrogen) atoms. The monoisotopic (exact) mass is 331 g/mol. The number of hydrogen-bond acceptors (Lipinski definition) is 4. The summed E-state index contributed by atoms with van der Waals surface area (Å²) in [5, 5.41) is 8.63. The Kier molecular flexibility index (Phi) is 4.98. The molecule has 0 unspecified atom stereocenters. The first-order valence-electron chi connectivity index (χ1n) is 7.83. The lowest BCUT2D eigenvalue weighted by atomic mass is 10.2. The number of rotatable bonds is 8. The van der Waals surface area contributed by atoms with Crippen LogP contribution in [0.3, 0.4) is 0 Å². The van der Waals surface area contributed by atoms with Gasteiger partial charge in [-0.3, -0.25) is 4.90 Å². The number of benzene rings is 1. The van der Waals surface area contributed by atoms with Gasteiger partial charge < -0.3 is 9.84 Å². The van der Waals surface area contributed by atoms with Crippen molar-refractivity contribution in [2.75, 3.05) is 6.61 Å². The zero-order valence-corrected chi connectivity index (χ0v) is 14.0. The summed E-state index contributed by atoms with van der Waals surface area (Å²) in [6.45, 7) is 3.76. The Bertz CT molecular complexity index is 661. The highest BCUT2D eigenvalue weighted by Crippen LogP contribution is 2.31. The molecule has 4 nitrogen and oxygen atoms in total. The molecule has 1 fully saturated rings. The molecule has 0 spiro atoms. The maximum Gasteiger partial charge on any atom is 0.341 e. The van der Waals surface area contributed by atoms with E-state index < -0.39 is 5.97 Å². The number of ether oxygens (including phenoxy) is 1. The average Bonchev–Trinajstić information content (AvgIpc) is 3.29. The Morgan fingerprint density at radius 1 is 1.22 bits per heavy atom. The highest BCUT2D eigenvalue weighted by molar-refractivity contribution is 7.11. The van der Waals surface area contributed by atoms with Gasteiger partial charge in [-0.05, 0) is 49.6 Å². The SMILES string of the molecule is Cc1ccc(CN(Cc2ccc(OCC(=O)O)cc2)C2CC2)s1. The zero-order valence-electron chi connectivity index (χ0n) is 13.2. The van der Waals surface area contributed by atoms with Crippen LogP contribution in [0.15, 0.2) is 36.4 Å². The molecule has 1 aliphatic carbocycles. The van der Waals surface area contributed by atoms with E-state index in [1.54, 1.807) is 0 Å². The van der Waals surface area contributed by atoms with Crippen LogP contribution in [0.1, 0.15) is 28.2 Å². The van der Waals surface area contributed by atoms with Gasteiger partial charge >= 0.3 is 5.97 Å². The third-order valence-corrected chi connectivity index (χ3v) is 4.87. The zero-order chi connectivity index (χ0) is 16.2. The minimum Gasteiger partial charge on any atom is -0.482 e. The van der Waals surface area contributed by atoms with Crippen molar-refractivity contribution in [3.05, 3.63) is 51.7 Å². The van der Waals surface area contributed by atoms with Crippen LogP contribution in [0.5, 0.6) is 5.75 Å². The van der Waals surface area contributed by atoms with Crippen molar-refractivity contribution >= 4 is 17.3 Å². The summed E-state index contributed by atoms with van der Waals surface area (Å²) in [4.78, 5) is 15.8. The Balaban J connectivity index is 1.60. The third kappa shape index (κ3) is 4.81. The molecule has 1 N–H and O–H groups in total. The molecule has 0 bridgehead atoms. The van der Waals surface area contributed by atoms with Crippen molar-refractivity contribution < 1.29 is 14.6 Å². The summed E-state index contributed by atoms with van der Waals surface area (Å²) in [6, 6.07) is 12.8. The van der Waals surface area contributed by atoms with E-state index in [-0.39, 0.29) is 6.61 Å². The van der Waals surface area contributed by atoms with E-state index in [0.29, 0.717) is 11.8 Å². The van der Waals surface area contributed by atoms with Gasteiger partial charge in [0.2, 0.25) is 0 Å². The molecule has 0 aliphatic heterocycles. The van der Waals surface area contributed by atoms with Crippen LogP contribution in [-0.2, 0) is 17.9 Å². The molecule has 0 amide bonds. The summed E-state index contributed by atoms with van der Waals surface area (Å²) >= 11 is 1.87. The standard InChI is InChI=1S/C18H21NO3S/c1-13-2-9-17(23-13)11-19(15-5-6-15)10-14-3-7-16(8-4-14)22-12-18(20)21/h2-4,7-9,15H,5-6,10-12H2,1H3,(H,20,21). The van der Waals surface area contributed by atoms with Crippen molar-refractivity contribution in [2.24, 2.45) is 0 Å². The molecule has 1 aromatic heterocycles. The second-order valence-electron chi connectivity index (χ2n) is 5.97. The number of carboxylic acids is 1. The van der Waals surface area contributed by atoms with Crippen LogP contribution in [0.2, 0.25) is 0 Å². The number of aliphatic carboxylic acids is 1. The maximum absolute atomic E-state index is 10.5. The van der Waals surface area contributed by atoms with Crippen LogP contribution in [-0.4, -0.2) is 28.6 Å². The minimum absolute atomic E-state index is 0.300. The number of hydrogen-bond donors (Lipinski definition) is 1. The summed E-state index contributed by atoms with van der Waals surface area (Å²) in [6.07, 6.45) is 2.56. The first-order valence-corrected chi connectivity index (χ1v) is 8.65. The van der Waals surface area contributed by atoms with E-state index in [0.717, 1.165) is 13.1 Å². The van der Waals surface area contributed by atoms with Crippen molar-refractivity contribution in [3.8, 4) is 5.75 Å². The van der Waals surface area contributed by atoms with Gasteiger partial charge in [0.1, 0.15) is 5.75 Å². The van der Waals surface area contributed by atoms with Gasteiger partial charge in [-0.15, -0.1) is 11.3 Å². The lowest BCUT2D eigenvalue weighted by Crippen LogP contribution is -2.24. The third-order valence-electron chi connectivity index (χ3n) is 3.89. The van der Waals surface area contributed by atoms with Gasteiger partial charge in [-0.2, -0.15) is 0 Å². The van der Waals surface area contributed by atoms with E-state index in [1.807, 2.05) is 35.6 Å². The van der Waals surface area contributed by atoms with Crippen LogP contribution in [0.25, 0.3) is 0 Å². The second-order valence-corrected chi connectivity index (χ2v) is 7.35. The molecule has 1 aliphatic rings. The topological polar surface area (TPSA) is 49.8 Å². The van der Waals surface area contributed by atoms with E-state index in [2.05, 4.69) is 24.0 Å². The summed E-state index contributed by atoms with van der Waals surface area (Å²) in [7, 11) is 0. The Morgan fingerprint density at radius 2 is 1.96 bits per heavy atom. The molecule has 122 valence electrons. The highest BCUT2D eigenvalue weighted by atomic mass is 32.1. The summed E-state index contributed by atoms with van der Waals surface area (Å²) < 4.78 is 5.17. The van der Waals surface area contributed by atoms with Gasteiger partial charge in [0.25, 0.3) is 0 Å². The molecule has 1 heterocycles. The van der Waals surface area contributed by atoms with Crippen LogP contribution < -0.4 is 4.74 Å². The van der Waals surface area contributed by atoms with Crippen molar-refractivity contribution in [3.63, 3.8) is 0 Å². The first-order chi connectivity index (χ1) is 11.1. The minimum atomic E-state index is -0.958. The van der Waals surface area contributed by atoms with E-state index in [4.69, 9.17) is 9.84 Å². The van der Waals surface area contributed by atoms with Crippen LogP contribution in [0.4, 0.5) is 0 Å². The van der Waals surface area contributed by atoms with Gasteiger partial charge in [0.05, 0.1) is 0 Å². The van der Waals surface area contributed by atoms with Crippen LogP contribution >= 0.6 is 11.3 Å². The molecule has 5 heteroatoms. The van der Waals surface area contributed by atoms with Gasteiger partial charge in [0, 0.05) is 28.9 Å². The molecule has 0 radical (unpaired) electrons. The van der Waals surface area contributed by atoms with Crippen LogP contribution in [0, 0.1) is 6.92 Å². The summed E-state index contributed by atoms with van der Waals surface area (Å²) in [5.74, 6) is -0.358. The van der Waals surface area contributed by atoms with Crippen molar-refractivity contribution in [2.45, 2.75) is 38.9 Å². The summed E-state index contributed by atoms with van der Waals surface area (Å²) in [5.41, 5.74) is 1.23. The predicted octanol–water partition coefficient (Wildman–Crippen LogP) is 3.68. The fraction of sp³-hybridized carbons (Fsp3) is 0.389. The first kappa shape index (κ1) is 16.0. The normalized spacial score (nSPS) is 14.2. The predicted molar refractivity (Wildman–Crippen MR) is 90.9 cm³/mol. The highest BCUT2D eigenvalue weighted by Gasteiger charge is 2.29. The number of thiophene rings is 1. The van der Waals surface area contributed by atoms with Gasteiger partial charge in [-0.25, -0.2) is 4.79 Å². The smallest absolute Gasteiger partial charge is 0.341 e. The number of nitrogens with zero attached hydrogens (tertiary/aromatic N) is 1. The number of carboxylic acid groups (broad SMARTS) is 1. The van der Waals surface area contributed by atoms with E-state index in [1.165, 1.54) is 28.2 Å². The number of aryl methyl sites for hydroxylation is 1. The molecule has 1 aromatic carbocycles.